The van der Waals surface area contributed by atoms with Crippen LogP contribution < -0.4 is 5.32 Å². The number of hydrogen-bond donors (Lipinski definition) is 1. The van der Waals surface area contributed by atoms with Crippen LogP contribution in [0.3, 0.4) is 0 Å². The van der Waals surface area contributed by atoms with Crippen molar-refractivity contribution in [1.82, 2.24) is 9.62 Å². The van der Waals surface area contributed by atoms with E-state index in [1.807, 2.05) is 0 Å². The SMILES string of the molecule is CCCCNC(=O)c1ccc(S(=O)(=O)N2CCCCC2)cc1. The minimum absolute atomic E-state index is 0.157. The van der Waals surface area contributed by atoms with Gasteiger partial charge in [-0.2, -0.15) is 4.31 Å². The molecular formula is C16H24N2O3S. The summed E-state index contributed by atoms with van der Waals surface area (Å²) in [4.78, 5) is 12.2. The molecule has 122 valence electrons. The van der Waals surface area contributed by atoms with Crippen LogP contribution in [-0.4, -0.2) is 38.3 Å². The molecule has 0 radical (unpaired) electrons. The molecule has 1 fully saturated rings. The first kappa shape index (κ1) is 17.0. The third-order valence-electron chi connectivity index (χ3n) is 3.89. The van der Waals surface area contributed by atoms with E-state index in [4.69, 9.17) is 0 Å². The van der Waals surface area contributed by atoms with Crippen molar-refractivity contribution >= 4 is 15.9 Å². The zero-order valence-corrected chi connectivity index (χ0v) is 13.9. The fourth-order valence-corrected chi connectivity index (χ4v) is 4.03. The molecule has 22 heavy (non-hydrogen) atoms. The Morgan fingerprint density at radius 3 is 2.36 bits per heavy atom. The van der Waals surface area contributed by atoms with Crippen LogP contribution in [0.15, 0.2) is 29.2 Å². The molecule has 1 aliphatic rings. The molecular weight excluding hydrogens is 300 g/mol. The lowest BCUT2D eigenvalue weighted by molar-refractivity contribution is 0.0953. The van der Waals surface area contributed by atoms with Crippen molar-refractivity contribution in [2.45, 2.75) is 43.9 Å². The van der Waals surface area contributed by atoms with Gasteiger partial charge in [0.15, 0.2) is 0 Å². The Labute approximate surface area is 132 Å². The smallest absolute Gasteiger partial charge is 0.251 e. The highest BCUT2D eigenvalue weighted by Crippen LogP contribution is 2.20. The summed E-state index contributed by atoms with van der Waals surface area (Å²) in [6, 6.07) is 6.22. The minimum Gasteiger partial charge on any atom is -0.352 e. The number of sulfonamides is 1. The first-order valence-corrected chi connectivity index (χ1v) is 9.38. The van der Waals surface area contributed by atoms with Crippen molar-refractivity contribution in [3.63, 3.8) is 0 Å². The van der Waals surface area contributed by atoms with Gasteiger partial charge in [-0.05, 0) is 43.5 Å². The first-order chi connectivity index (χ1) is 10.6. The van der Waals surface area contributed by atoms with E-state index in [0.717, 1.165) is 32.1 Å². The zero-order valence-electron chi connectivity index (χ0n) is 13.0. The summed E-state index contributed by atoms with van der Waals surface area (Å²) in [7, 11) is -3.42. The second kappa shape index (κ2) is 7.74. The van der Waals surface area contributed by atoms with Gasteiger partial charge < -0.3 is 5.32 Å². The lowest BCUT2D eigenvalue weighted by Gasteiger charge is -2.25. The lowest BCUT2D eigenvalue weighted by atomic mass is 10.2. The van der Waals surface area contributed by atoms with Crippen molar-refractivity contribution in [3.8, 4) is 0 Å². The van der Waals surface area contributed by atoms with E-state index in [1.165, 1.54) is 16.4 Å². The maximum atomic E-state index is 12.5. The van der Waals surface area contributed by atoms with Gasteiger partial charge in [-0.1, -0.05) is 19.8 Å². The number of hydrogen-bond acceptors (Lipinski definition) is 3. The minimum atomic E-state index is -3.42. The largest absolute Gasteiger partial charge is 0.352 e. The molecule has 1 N–H and O–H groups in total. The van der Waals surface area contributed by atoms with Gasteiger partial charge in [0.1, 0.15) is 0 Å². The van der Waals surface area contributed by atoms with Crippen molar-refractivity contribution < 1.29 is 13.2 Å². The summed E-state index contributed by atoms with van der Waals surface area (Å²) in [5.74, 6) is -0.157. The van der Waals surface area contributed by atoms with Crippen LogP contribution in [-0.2, 0) is 10.0 Å². The van der Waals surface area contributed by atoms with E-state index in [2.05, 4.69) is 12.2 Å². The van der Waals surface area contributed by atoms with E-state index in [9.17, 15) is 13.2 Å². The Hall–Kier alpha value is -1.40. The number of amides is 1. The summed E-state index contributed by atoms with van der Waals surface area (Å²) >= 11 is 0. The van der Waals surface area contributed by atoms with Crippen LogP contribution >= 0.6 is 0 Å². The fraction of sp³-hybridized carbons (Fsp3) is 0.562. The van der Waals surface area contributed by atoms with E-state index in [-0.39, 0.29) is 10.8 Å². The van der Waals surface area contributed by atoms with Crippen molar-refractivity contribution in [1.29, 1.82) is 0 Å². The number of rotatable bonds is 6. The average molecular weight is 324 g/mol. The van der Waals surface area contributed by atoms with Crippen molar-refractivity contribution in [3.05, 3.63) is 29.8 Å². The summed E-state index contributed by atoms with van der Waals surface area (Å²) < 4.78 is 26.5. The predicted octanol–water partition coefficient (Wildman–Crippen LogP) is 2.39. The molecule has 0 spiro atoms. The van der Waals surface area contributed by atoms with Gasteiger partial charge in [0.2, 0.25) is 10.0 Å². The number of benzene rings is 1. The van der Waals surface area contributed by atoms with Crippen molar-refractivity contribution in [2.24, 2.45) is 0 Å². The molecule has 1 saturated heterocycles. The third-order valence-corrected chi connectivity index (χ3v) is 5.80. The highest BCUT2D eigenvalue weighted by molar-refractivity contribution is 7.89. The van der Waals surface area contributed by atoms with Crippen LogP contribution in [0.25, 0.3) is 0 Å². The molecule has 1 aromatic rings. The van der Waals surface area contributed by atoms with Gasteiger partial charge >= 0.3 is 0 Å². The Morgan fingerprint density at radius 2 is 1.77 bits per heavy atom. The van der Waals surface area contributed by atoms with Gasteiger partial charge in [-0.3, -0.25) is 4.79 Å². The number of carbonyl (C=O) groups is 1. The van der Waals surface area contributed by atoms with Gasteiger partial charge in [-0.15, -0.1) is 0 Å². The molecule has 0 aromatic heterocycles. The maximum absolute atomic E-state index is 12.5. The third kappa shape index (κ3) is 4.08. The monoisotopic (exact) mass is 324 g/mol. The Kier molecular flexibility index (Phi) is 5.97. The number of nitrogens with one attached hydrogen (secondary N) is 1. The normalized spacial score (nSPS) is 16.4. The molecule has 6 heteroatoms. The second-order valence-corrected chi connectivity index (χ2v) is 7.54. The van der Waals surface area contributed by atoms with Crippen LogP contribution in [0.5, 0.6) is 0 Å². The van der Waals surface area contributed by atoms with Gasteiger partial charge in [0.25, 0.3) is 5.91 Å². The van der Waals surface area contributed by atoms with E-state index < -0.39 is 10.0 Å². The number of nitrogens with zero attached hydrogens (tertiary/aromatic N) is 1. The van der Waals surface area contributed by atoms with E-state index >= 15 is 0 Å². The molecule has 0 atom stereocenters. The Morgan fingerprint density at radius 1 is 1.14 bits per heavy atom. The second-order valence-electron chi connectivity index (χ2n) is 5.60. The summed E-state index contributed by atoms with van der Waals surface area (Å²) in [5.41, 5.74) is 0.494. The molecule has 1 amide bonds. The van der Waals surface area contributed by atoms with Gasteiger partial charge in [-0.25, -0.2) is 8.42 Å². The van der Waals surface area contributed by atoms with Crippen LogP contribution in [0, 0.1) is 0 Å². The Balaban J connectivity index is 2.06. The van der Waals surface area contributed by atoms with Crippen LogP contribution in [0.1, 0.15) is 49.4 Å². The number of unbranched alkanes of at least 4 members (excludes halogenated alkanes) is 1. The quantitative estimate of drug-likeness (QED) is 0.817. The van der Waals surface area contributed by atoms with Crippen LogP contribution in [0.4, 0.5) is 0 Å². The summed E-state index contributed by atoms with van der Waals surface area (Å²) in [6.45, 7) is 3.87. The predicted molar refractivity (Wildman–Crippen MR) is 86.3 cm³/mol. The molecule has 1 aromatic carbocycles. The molecule has 1 aliphatic heterocycles. The zero-order chi connectivity index (χ0) is 16.0. The van der Waals surface area contributed by atoms with E-state index in [0.29, 0.717) is 25.2 Å². The number of carbonyl (C=O) groups excluding carboxylic acids is 1. The first-order valence-electron chi connectivity index (χ1n) is 7.94. The topological polar surface area (TPSA) is 66.5 Å². The average Bonchev–Trinajstić information content (AvgIpc) is 2.56. The summed E-state index contributed by atoms with van der Waals surface area (Å²) in [5, 5.41) is 2.82. The molecule has 0 unspecified atom stereocenters. The molecule has 0 aliphatic carbocycles. The lowest BCUT2D eigenvalue weighted by Crippen LogP contribution is -2.35. The maximum Gasteiger partial charge on any atom is 0.251 e. The molecule has 1 heterocycles. The molecule has 5 nitrogen and oxygen atoms in total. The molecule has 2 rings (SSSR count). The van der Waals surface area contributed by atoms with Gasteiger partial charge in [0, 0.05) is 25.2 Å². The summed E-state index contributed by atoms with van der Waals surface area (Å²) in [6.07, 6.45) is 4.87. The molecule has 0 bridgehead atoms. The van der Waals surface area contributed by atoms with Gasteiger partial charge in [0.05, 0.1) is 4.90 Å². The van der Waals surface area contributed by atoms with E-state index in [1.54, 1.807) is 12.1 Å². The highest BCUT2D eigenvalue weighted by atomic mass is 32.2. The standard InChI is InChI=1S/C16H24N2O3S/c1-2-3-11-17-16(19)14-7-9-15(10-8-14)22(20,21)18-12-5-4-6-13-18/h7-10H,2-6,11-13H2,1H3,(H,17,19). The Bertz CT molecular complexity index is 590. The number of piperidine rings is 1. The fourth-order valence-electron chi connectivity index (χ4n) is 2.51. The van der Waals surface area contributed by atoms with Crippen LogP contribution in [0.2, 0.25) is 0 Å². The highest BCUT2D eigenvalue weighted by Gasteiger charge is 2.25. The van der Waals surface area contributed by atoms with Crippen molar-refractivity contribution in [2.75, 3.05) is 19.6 Å². The molecule has 0 saturated carbocycles.